The summed E-state index contributed by atoms with van der Waals surface area (Å²) >= 11 is 3.47. The van der Waals surface area contributed by atoms with E-state index in [-0.39, 0.29) is 0 Å². The Hall–Kier alpha value is 0.130. The number of benzene rings is 1. The molecule has 0 heterocycles. The summed E-state index contributed by atoms with van der Waals surface area (Å²) in [5.74, 6) is 0. The van der Waals surface area contributed by atoms with Crippen LogP contribution in [-0.4, -0.2) is 6.16 Å². The standard InChI is InChI=1S/C11H16BrP/c12-13-10-6-2-5-9-11-7-3-1-4-8-11/h1,3-4,7-8,13H,2,5-6,9-10H2. The van der Waals surface area contributed by atoms with Gasteiger partial charge < -0.3 is 0 Å². The summed E-state index contributed by atoms with van der Waals surface area (Å²) in [6.45, 7) is 0. The van der Waals surface area contributed by atoms with Crippen LogP contribution in [0.4, 0.5) is 0 Å². The topological polar surface area (TPSA) is 0 Å². The maximum atomic E-state index is 3.47. The van der Waals surface area contributed by atoms with Gasteiger partial charge in [0.1, 0.15) is 0 Å². The molecule has 0 aliphatic rings. The fourth-order valence-electron chi connectivity index (χ4n) is 1.34. The minimum Gasteiger partial charge on any atom is -0.0642 e. The summed E-state index contributed by atoms with van der Waals surface area (Å²) in [5, 5.41) is 0. The predicted octanol–water partition coefficient (Wildman–Crippen LogP) is 4.39. The second-order valence-electron chi connectivity index (χ2n) is 3.18. The lowest BCUT2D eigenvalue weighted by Crippen LogP contribution is -1.85. The highest BCUT2D eigenvalue weighted by Gasteiger charge is 1.91. The molecule has 1 aromatic rings. The average Bonchev–Trinajstić information content (AvgIpc) is 2.19. The molecule has 0 aliphatic heterocycles. The fourth-order valence-corrected chi connectivity index (χ4v) is 2.57. The van der Waals surface area contributed by atoms with Crippen LogP contribution >= 0.6 is 22.8 Å². The van der Waals surface area contributed by atoms with E-state index in [1.165, 1.54) is 37.4 Å². The smallest absolute Gasteiger partial charge is 0.0255 e. The number of hydrogen-bond acceptors (Lipinski definition) is 0. The van der Waals surface area contributed by atoms with Crippen molar-refractivity contribution >= 4 is 22.8 Å². The van der Waals surface area contributed by atoms with E-state index in [2.05, 4.69) is 45.8 Å². The number of rotatable bonds is 6. The van der Waals surface area contributed by atoms with Crippen LogP contribution < -0.4 is 0 Å². The monoisotopic (exact) mass is 258 g/mol. The number of unbranched alkanes of at least 4 members (excludes halogenated alkanes) is 2. The van der Waals surface area contributed by atoms with Crippen molar-refractivity contribution in [2.75, 3.05) is 6.16 Å². The largest absolute Gasteiger partial charge is 0.0642 e. The van der Waals surface area contributed by atoms with E-state index in [4.69, 9.17) is 0 Å². The van der Waals surface area contributed by atoms with E-state index < -0.39 is 0 Å². The molecule has 0 saturated heterocycles. The molecule has 72 valence electrons. The van der Waals surface area contributed by atoms with Crippen LogP contribution in [0.1, 0.15) is 24.8 Å². The Bertz CT molecular complexity index is 211. The minimum absolute atomic E-state index is 0.948. The summed E-state index contributed by atoms with van der Waals surface area (Å²) in [5.41, 5.74) is 1.48. The van der Waals surface area contributed by atoms with Gasteiger partial charge in [0, 0.05) is 0 Å². The molecular formula is C11H16BrP. The summed E-state index contributed by atoms with van der Waals surface area (Å²) < 4.78 is 0. The van der Waals surface area contributed by atoms with Gasteiger partial charge in [0.2, 0.25) is 0 Å². The van der Waals surface area contributed by atoms with Crippen LogP contribution in [0.15, 0.2) is 30.3 Å². The Kier molecular flexibility index (Phi) is 6.49. The molecule has 2 heteroatoms. The van der Waals surface area contributed by atoms with E-state index in [1.807, 2.05) is 0 Å². The molecule has 0 amide bonds. The van der Waals surface area contributed by atoms with E-state index in [1.54, 1.807) is 0 Å². The molecule has 0 bridgehead atoms. The second-order valence-corrected chi connectivity index (χ2v) is 5.63. The third-order valence-electron chi connectivity index (χ3n) is 2.08. The maximum absolute atomic E-state index is 3.47. The molecule has 0 spiro atoms. The molecule has 0 aliphatic carbocycles. The van der Waals surface area contributed by atoms with Crippen molar-refractivity contribution in [3.8, 4) is 0 Å². The third-order valence-corrected chi connectivity index (χ3v) is 3.81. The normalized spacial score (nSPS) is 11.2. The van der Waals surface area contributed by atoms with Gasteiger partial charge >= 0.3 is 0 Å². The molecule has 1 aromatic carbocycles. The molecule has 0 aromatic heterocycles. The highest BCUT2D eigenvalue weighted by atomic mass is 79.9. The van der Waals surface area contributed by atoms with Crippen molar-refractivity contribution in [3.05, 3.63) is 35.9 Å². The highest BCUT2D eigenvalue weighted by molar-refractivity contribution is 9.36. The maximum Gasteiger partial charge on any atom is -0.0255 e. The lowest BCUT2D eigenvalue weighted by molar-refractivity contribution is 0.722. The Morgan fingerprint density at radius 3 is 2.46 bits per heavy atom. The van der Waals surface area contributed by atoms with Crippen LogP contribution in [0.2, 0.25) is 0 Å². The molecule has 0 N–H and O–H groups in total. The number of halogens is 1. The van der Waals surface area contributed by atoms with Gasteiger partial charge in [0.25, 0.3) is 0 Å². The fraction of sp³-hybridized carbons (Fsp3) is 0.455. The first-order valence-electron chi connectivity index (χ1n) is 4.81. The van der Waals surface area contributed by atoms with Gasteiger partial charge in [0.15, 0.2) is 0 Å². The van der Waals surface area contributed by atoms with Gasteiger partial charge in [-0.15, -0.1) is 0 Å². The van der Waals surface area contributed by atoms with Crippen molar-refractivity contribution in [3.63, 3.8) is 0 Å². The number of aryl methyl sites for hydroxylation is 1. The summed E-state index contributed by atoms with van der Waals surface area (Å²) in [4.78, 5) is 0. The Labute approximate surface area is 90.6 Å². The molecule has 1 atom stereocenters. The lowest BCUT2D eigenvalue weighted by Gasteiger charge is -2.00. The average molecular weight is 259 g/mol. The van der Waals surface area contributed by atoms with Crippen molar-refractivity contribution in [1.82, 2.24) is 0 Å². The van der Waals surface area contributed by atoms with Crippen LogP contribution in [-0.2, 0) is 6.42 Å². The van der Waals surface area contributed by atoms with Crippen molar-refractivity contribution in [2.45, 2.75) is 25.7 Å². The third kappa shape index (κ3) is 5.44. The molecular weight excluding hydrogens is 243 g/mol. The van der Waals surface area contributed by atoms with Crippen LogP contribution in [0.3, 0.4) is 0 Å². The Morgan fingerprint density at radius 1 is 1.00 bits per heavy atom. The van der Waals surface area contributed by atoms with Gasteiger partial charge in [-0.1, -0.05) is 59.5 Å². The molecule has 0 fully saturated rings. The zero-order valence-electron chi connectivity index (χ0n) is 7.80. The molecule has 13 heavy (non-hydrogen) atoms. The zero-order chi connectivity index (χ0) is 9.36. The van der Waals surface area contributed by atoms with Gasteiger partial charge in [-0.3, -0.25) is 0 Å². The van der Waals surface area contributed by atoms with Gasteiger partial charge in [-0.05, 0) is 31.0 Å². The molecule has 1 unspecified atom stereocenters. The van der Waals surface area contributed by atoms with Crippen molar-refractivity contribution in [2.24, 2.45) is 0 Å². The van der Waals surface area contributed by atoms with Gasteiger partial charge in [0.05, 0.1) is 0 Å². The Balaban J connectivity index is 2.07. The van der Waals surface area contributed by atoms with E-state index in [0.29, 0.717) is 0 Å². The van der Waals surface area contributed by atoms with Crippen LogP contribution in [0, 0.1) is 0 Å². The quantitative estimate of drug-likeness (QED) is 0.525. The second kappa shape index (κ2) is 7.53. The summed E-state index contributed by atoms with van der Waals surface area (Å²) in [7, 11) is 0.948. The summed E-state index contributed by atoms with van der Waals surface area (Å²) in [6, 6.07) is 10.7. The van der Waals surface area contributed by atoms with Crippen LogP contribution in [0.5, 0.6) is 0 Å². The molecule has 1 rings (SSSR count). The molecule has 0 nitrogen and oxygen atoms in total. The molecule has 0 saturated carbocycles. The van der Waals surface area contributed by atoms with E-state index in [9.17, 15) is 0 Å². The number of hydrogen-bond donors (Lipinski definition) is 0. The SMILES string of the molecule is BrPCCCCCc1ccccc1. The van der Waals surface area contributed by atoms with E-state index in [0.717, 1.165) is 7.28 Å². The first-order valence-corrected chi connectivity index (χ1v) is 8.27. The minimum atomic E-state index is 0.948. The first-order chi connectivity index (χ1) is 6.43. The molecule has 0 radical (unpaired) electrons. The van der Waals surface area contributed by atoms with Gasteiger partial charge in [-0.2, -0.15) is 0 Å². The summed E-state index contributed by atoms with van der Waals surface area (Å²) in [6.07, 6.45) is 6.66. The van der Waals surface area contributed by atoms with Crippen LogP contribution in [0.25, 0.3) is 0 Å². The lowest BCUT2D eigenvalue weighted by atomic mass is 10.1. The highest BCUT2D eigenvalue weighted by Crippen LogP contribution is 2.21. The van der Waals surface area contributed by atoms with Gasteiger partial charge in [-0.25, -0.2) is 0 Å². The zero-order valence-corrected chi connectivity index (χ0v) is 10.4. The first kappa shape index (κ1) is 11.2. The van der Waals surface area contributed by atoms with E-state index >= 15 is 0 Å². The van der Waals surface area contributed by atoms with Crippen molar-refractivity contribution < 1.29 is 0 Å². The van der Waals surface area contributed by atoms with Crippen molar-refractivity contribution in [1.29, 1.82) is 0 Å². The Morgan fingerprint density at radius 2 is 1.77 bits per heavy atom. The predicted molar refractivity (Wildman–Crippen MR) is 66.1 cm³/mol.